The second-order valence-electron chi connectivity index (χ2n) is 4.85. The molecule has 2 aromatic rings. The molecule has 6 nitrogen and oxygen atoms in total. The van der Waals surface area contributed by atoms with Crippen molar-refractivity contribution in [2.45, 2.75) is 20.0 Å². The van der Waals surface area contributed by atoms with Crippen LogP contribution in [0.3, 0.4) is 0 Å². The first-order valence-corrected chi connectivity index (χ1v) is 6.86. The van der Waals surface area contributed by atoms with Gasteiger partial charge < -0.3 is 4.74 Å². The van der Waals surface area contributed by atoms with Gasteiger partial charge in [-0.2, -0.15) is 5.10 Å². The van der Waals surface area contributed by atoms with Crippen LogP contribution in [0, 0.1) is 10.1 Å². The van der Waals surface area contributed by atoms with E-state index in [1.54, 1.807) is 24.4 Å². The summed E-state index contributed by atoms with van der Waals surface area (Å²) in [4.78, 5) is 10.5. The number of nitro groups is 1. The summed E-state index contributed by atoms with van der Waals surface area (Å²) in [5, 5.41) is 15.0. The highest BCUT2D eigenvalue weighted by Crippen LogP contribution is 2.23. The smallest absolute Gasteiger partial charge is 0.294 e. The standard InChI is InChI=1S/C16H17N3O3/c1-12(2)22-16-10-6-3-7-13(16)11-17-18-14-8-4-5-9-15(14)19(20)21/h3-12,18H,1-2H3/b17-11+. The highest BCUT2D eigenvalue weighted by Gasteiger charge is 2.11. The third kappa shape index (κ3) is 4.05. The summed E-state index contributed by atoms with van der Waals surface area (Å²) >= 11 is 0. The van der Waals surface area contributed by atoms with Gasteiger partial charge in [-0.15, -0.1) is 0 Å². The van der Waals surface area contributed by atoms with Crippen LogP contribution in [0.1, 0.15) is 19.4 Å². The molecule has 0 aliphatic carbocycles. The predicted octanol–water partition coefficient (Wildman–Crippen LogP) is 3.83. The topological polar surface area (TPSA) is 76.8 Å². The van der Waals surface area contributed by atoms with Gasteiger partial charge in [0.25, 0.3) is 5.69 Å². The summed E-state index contributed by atoms with van der Waals surface area (Å²) in [5.41, 5.74) is 3.81. The lowest BCUT2D eigenvalue weighted by Gasteiger charge is -2.11. The molecular formula is C16H17N3O3. The highest BCUT2D eigenvalue weighted by molar-refractivity contribution is 5.84. The van der Waals surface area contributed by atoms with Gasteiger partial charge in [-0.3, -0.25) is 15.5 Å². The third-order valence-electron chi connectivity index (χ3n) is 2.77. The third-order valence-corrected chi connectivity index (χ3v) is 2.77. The van der Waals surface area contributed by atoms with Gasteiger partial charge in [0.1, 0.15) is 11.4 Å². The van der Waals surface area contributed by atoms with Crippen LogP contribution in [0.4, 0.5) is 11.4 Å². The molecule has 0 aliphatic rings. The van der Waals surface area contributed by atoms with Gasteiger partial charge in [-0.1, -0.05) is 24.3 Å². The largest absolute Gasteiger partial charge is 0.490 e. The second-order valence-corrected chi connectivity index (χ2v) is 4.85. The number of para-hydroxylation sites is 3. The average molecular weight is 299 g/mol. The van der Waals surface area contributed by atoms with E-state index in [-0.39, 0.29) is 11.8 Å². The Bertz CT molecular complexity index is 684. The summed E-state index contributed by atoms with van der Waals surface area (Å²) in [6.07, 6.45) is 1.63. The fourth-order valence-electron chi connectivity index (χ4n) is 1.85. The van der Waals surface area contributed by atoms with Gasteiger partial charge in [-0.05, 0) is 32.0 Å². The van der Waals surface area contributed by atoms with Gasteiger partial charge in [0.15, 0.2) is 0 Å². The van der Waals surface area contributed by atoms with Crippen molar-refractivity contribution < 1.29 is 9.66 Å². The monoisotopic (exact) mass is 299 g/mol. The summed E-state index contributed by atoms with van der Waals surface area (Å²) in [7, 11) is 0. The fraction of sp³-hybridized carbons (Fsp3) is 0.188. The molecule has 0 heterocycles. The Balaban J connectivity index is 2.15. The molecule has 6 heteroatoms. The Morgan fingerprint density at radius 1 is 1.18 bits per heavy atom. The van der Waals surface area contributed by atoms with E-state index >= 15 is 0 Å². The average Bonchev–Trinajstić information content (AvgIpc) is 2.49. The minimum atomic E-state index is -0.451. The Hall–Kier alpha value is -2.89. The van der Waals surface area contributed by atoms with E-state index in [0.29, 0.717) is 11.4 Å². The summed E-state index contributed by atoms with van der Waals surface area (Å²) < 4.78 is 5.68. The number of hydrogen-bond donors (Lipinski definition) is 1. The van der Waals surface area contributed by atoms with Crippen molar-refractivity contribution in [3.63, 3.8) is 0 Å². The number of ether oxygens (including phenoxy) is 1. The lowest BCUT2D eigenvalue weighted by Crippen LogP contribution is -2.07. The van der Waals surface area contributed by atoms with E-state index in [1.165, 1.54) is 6.07 Å². The van der Waals surface area contributed by atoms with Crippen molar-refractivity contribution in [2.24, 2.45) is 5.10 Å². The van der Waals surface area contributed by atoms with E-state index in [2.05, 4.69) is 10.5 Å². The Morgan fingerprint density at radius 3 is 2.59 bits per heavy atom. The molecule has 0 atom stereocenters. The highest BCUT2D eigenvalue weighted by atomic mass is 16.6. The van der Waals surface area contributed by atoms with E-state index in [1.807, 2.05) is 38.1 Å². The van der Waals surface area contributed by atoms with Crippen LogP contribution in [-0.4, -0.2) is 17.2 Å². The molecule has 0 aromatic heterocycles. The summed E-state index contributed by atoms with van der Waals surface area (Å²) in [5.74, 6) is 0.714. The molecule has 0 amide bonds. The minimum Gasteiger partial charge on any atom is -0.490 e. The van der Waals surface area contributed by atoms with Crippen molar-refractivity contribution in [1.29, 1.82) is 0 Å². The lowest BCUT2D eigenvalue weighted by molar-refractivity contribution is -0.384. The number of nitrogens with one attached hydrogen (secondary N) is 1. The lowest BCUT2D eigenvalue weighted by atomic mass is 10.2. The van der Waals surface area contributed by atoms with Crippen LogP contribution in [-0.2, 0) is 0 Å². The predicted molar refractivity (Wildman–Crippen MR) is 86.5 cm³/mol. The Kier molecular flexibility index (Phi) is 5.08. The first-order chi connectivity index (χ1) is 10.6. The maximum atomic E-state index is 10.9. The number of nitro benzene ring substituents is 1. The number of benzene rings is 2. The molecule has 0 spiro atoms. The maximum absolute atomic E-state index is 10.9. The summed E-state index contributed by atoms with van der Waals surface area (Å²) in [6, 6.07) is 13.8. The molecule has 22 heavy (non-hydrogen) atoms. The number of hydrogen-bond acceptors (Lipinski definition) is 5. The molecule has 2 aromatic carbocycles. The van der Waals surface area contributed by atoms with Gasteiger partial charge >= 0.3 is 0 Å². The molecule has 0 radical (unpaired) electrons. The molecule has 0 saturated carbocycles. The molecule has 114 valence electrons. The first kappa shape index (κ1) is 15.5. The second kappa shape index (κ2) is 7.21. The van der Waals surface area contributed by atoms with E-state index in [4.69, 9.17) is 4.74 Å². The van der Waals surface area contributed by atoms with Crippen LogP contribution in [0.5, 0.6) is 5.75 Å². The molecule has 0 aliphatic heterocycles. The van der Waals surface area contributed by atoms with Crippen molar-refractivity contribution in [2.75, 3.05) is 5.43 Å². The fourth-order valence-corrected chi connectivity index (χ4v) is 1.85. The van der Waals surface area contributed by atoms with Crippen LogP contribution in [0.15, 0.2) is 53.6 Å². The number of nitrogens with zero attached hydrogens (tertiary/aromatic N) is 2. The van der Waals surface area contributed by atoms with Crippen molar-refractivity contribution in [3.8, 4) is 5.75 Å². The summed E-state index contributed by atoms with van der Waals surface area (Å²) in [6.45, 7) is 3.89. The molecular weight excluding hydrogens is 282 g/mol. The Morgan fingerprint density at radius 2 is 1.86 bits per heavy atom. The maximum Gasteiger partial charge on any atom is 0.294 e. The first-order valence-electron chi connectivity index (χ1n) is 6.86. The quantitative estimate of drug-likeness (QED) is 0.499. The molecule has 0 unspecified atom stereocenters. The van der Waals surface area contributed by atoms with Gasteiger partial charge in [0, 0.05) is 11.6 Å². The zero-order valence-electron chi connectivity index (χ0n) is 12.4. The van der Waals surface area contributed by atoms with E-state index < -0.39 is 4.92 Å². The molecule has 2 rings (SSSR count). The minimum absolute atomic E-state index is 0.0219. The van der Waals surface area contributed by atoms with Gasteiger partial charge in [0.05, 0.1) is 17.2 Å². The number of hydrazone groups is 1. The number of anilines is 1. The van der Waals surface area contributed by atoms with Gasteiger partial charge in [-0.25, -0.2) is 0 Å². The van der Waals surface area contributed by atoms with Crippen LogP contribution in [0.2, 0.25) is 0 Å². The van der Waals surface area contributed by atoms with Crippen molar-refractivity contribution in [3.05, 3.63) is 64.2 Å². The Labute approximate surface area is 128 Å². The van der Waals surface area contributed by atoms with E-state index in [0.717, 1.165) is 5.56 Å². The normalized spacial score (nSPS) is 10.9. The molecule has 0 fully saturated rings. The number of rotatable bonds is 6. The zero-order chi connectivity index (χ0) is 15.9. The molecule has 0 bridgehead atoms. The zero-order valence-corrected chi connectivity index (χ0v) is 12.4. The van der Waals surface area contributed by atoms with Crippen molar-refractivity contribution >= 4 is 17.6 Å². The van der Waals surface area contributed by atoms with E-state index in [9.17, 15) is 10.1 Å². The SMILES string of the molecule is CC(C)Oc1ccccc1/C=N/Nc1ccccc1[N+](=O)[O-]. The molecule has 0 saturated heterocycles. The van der Waals surface area contributed by atoms with Crippen molar-refractivity contribution in [1.82, 2.24) is 0 Å². The molecule has 1 N–H and O–H groups in total. The van der Waals surface area contributed by atoms with Crippen LogP contribution >= 0.6 is 0 Å². The van der Waals surface area contributed by atoms with Crippen LogP contribution in [0.25, 0.3) is 0 Å². The van der Waals surface area contributed by atoms with Crippen LogP contribution < -0.4 is 10.2 Å². The van der Waals surface area contributed by atoms with Gasteiger partial charge in [0.2, 0.25) is 0 Å².